The molecule has 2 aromatic carbocycles. The Morgan fingerprint density at radius 1 is 0.973 bits per heavy atom. The van der Waals surface area contributed by atoms with E-state index in [0.29, 0.717) is 16.2 Å². The molecule has 0 aliphatic carbocycles. The van der Waals surface area contributed by atoms with Crippen LogP contribution in [0.5, 0.6) is 11.5 Å². The lowest BCUT2D eigenvalue weighted by molar-refractivity contribution is -0.146. The first kappa shape index (κ1) is 26.6. The molecule has 7 nitrogen and oxygen atoms in total. The summed E-state index contributed by atoms with van der Waals surface area (Å²) < 4.78 is 99.2. The molecule has 0 radical (unpaired) electrons. The molecule has 0 saturated carbocycles. The van der Waals surface area contributed by atoms with Crippen LogP contribution in [0.25, 0.3) is 5.69 Å². The highest BCUT2D eigenvalue weighted by Crippen LogP contribution is 2.54. The van der Waals surface area contributed by atoms with E-state index >= 15 is 0 Å². The first-order valence-corrected chi connectivity index (χ1v) is 11.5. The van der Waals surface area contributed by atoms with Gasteiger partial charge in [0.15, 0.2) is 17.3 Å². The maximum absolute atomic E-state index is 14.0. The van der Waals surface area contributed by atoms with Gasteiger partial charge < -0.3 is 14.2 Å². The fourth-order valence-corrected chi connectivity index (χ4v) is 5.60. The van der Waals surface area contributed by atoms with Crippen LogP contribution in [0.1, 0.15) is 45.3 Å². The second-order valence-corrected chi connectivity index (χ2v) is 9.17. The summed E-state index contributed by atoms with van der Waals surface area (Å²) >= 11 is 0.932. The SMILES string of the molecule is COC(=O)C[C@@H]1S[C@@H](c2cccc(OC)c2OC)c2cc(C(F)(F)F)ccc2-n2c1nnc2C(F)(F)F. The zero-order valence-corrected chi connectivity index (χ0v) is 20.3. The highest BCUT2D eigenvalue weighted by Gasteiger charge is 2.44. The number of hydrogen-bond acceptors (Lipinski definition) is 7. The number of halogens is 6. The summed E-state index contributed by atoms with van der Waals surface area (Å²) in [5.41, 5.74) is -1.05. The van der Waals surface area contributed by atoms with E-state index in [-0.39, 0.29) is 28.6 Å². The Bertz CT molecular complexity index is 1320. The zero-order valence-electron chi connectivity index (χ0n) is 19.5. The van der Waals surface area contributed by atoms with Crippen LogP contribution >= 0.6 is 11.8 Å². The van der Waals surface area contributed by atoms with Gasteiger partial charge in [-0.2, -0.15) is 26.3 Å². The van der Waals surface area contributed by atoms with Gasteiger partial charge in [-0.25, -0.2) is 0 Å². The fourth-order valence-electron chi connectivity index (χ4n) is 4.10. The third kappa shape index (κ3) is 4.93. The van der Waals surface area contributed by atoms with Crippen molar-refractivity contribution in [1.82, 2.24) is 14.8 Å². The molecule has 0 amide bonds. The van der Waals surface area contributed by atoms with Gasteiger partial charge in [0.2, 0.25) is 5.82 Å². The highest BCUT2D eigenvalue weighted by atomic mass is 32.2. The summed E-state index contributed by atoms with van der Waals surface area (Å²) in [5.74, 6) is -2.00. The molecule has 0 unspecified atom stereocenters. The predicted octanol–water partition coefficient (Wildman–Crippen LogP) is 5.76. The summed E-state index contributed by atoms with van der Waals surface area (Å²) in [6, 6.07) is 7.13. The fraction of sp³-hybridized carbons (Fsp3) is 0.348. The number of thioether (sulfide) groups is 1. The number of fused-ring (bicyclic) bond motifs is 3. The molecule has 0 N–H and O–H groups in total. The molecule has 1 aliphatic heterocycles. The molecule has 0 spiro atoms. The minimum absolute atomic E-state index is 0.106. The predicted molar refractivity (Wildman–Crippen MR) is 120 cm³/mol. The first-order chi connectivity index (χ1) is 17.4. The number of ether oxygens (including phenoxy) is 3. The summed E-state index contributed by atoms with van der Waals surface area (Å²) in [4.78, 5) is 12.2. The van der Waals surface area contributed by atoms with Crippen LogP contribution in [-0.4, -0.2) is 42.1 Å². The monoisotopic (exact) mass is 547 g/mol. The smallest absolute Gasteiger partial charge is 0.452 e. The highest BCUT2D eigenvalue weighted by molar-refractivity contribution is 8.00. The minimum atomic E-state index is -4.99. The van der Waals surface area contributed by atoms with Gasteiger partial charge in [0.1, 0.15) is 0 Å². The van der Waals surface area contributed by atoms with Crippen LogP contribution < -0.4 is 9.47 Å². The van der Waals surface area contributed by atoms with Crippen LogP contribution in [0.2, 0.25) is 0 Å². The van der Waals surface area contributed by atoms with Crippen molar-refractivity contribution in [3.63, 3.8) is 0 Å². The molecule has 0 saturated heterocycles. The molecule has 0 fully saturated rings. The van der Waals surface area contributed by atoms with Gasteiger partial charge in [-0.3, -0.25) is 9.36 Å². The van der Waals surface area contributed by atoms with Crippen LogP contribution in [0.15, 0.2) is 36.4 Å². The Hall–Kier alpha value is -3.42. The van der Waals surface area contributed by atoms with E-state index in [4.69, 9.17) is 14.2 Å². The number of carbonyl (C=O) groups excluding carboxylic acids is 1. The Morgan fingerprint density at radius 2 is 1.70 bits per heavy atom. The number of carbonyl (C=O) groups is 1. The quantitative estimate of drug-likeness (QED) is 0.297. The Kier molecular flexibility index (Phi) is 7.06. The second kappa shape index (κ2) is 9.80. The molecule has 4 rings (SSSR count). The minimum Gasteiger partial charge on any atom is -0.493 e. The van der Waals surface area contributed by atoms with Crippen LogP contribution in [0.4, 0.5) is 26.3 Å². The topological polar surface area (TPSA) is 75.5 Å². The van der Waals surface area contributed by atoms with Crippen molar-refractivity contribution in [3.8, 4) is 17.2 Å². The third-order valence-corrected chi connectivity index (χ3v) is 7.19. The third-order valence-electron chi connectivity index (χ3n) is 5.70. The Balaban J connectivity index is 2.07. The van der Waals surface area contributed by atoms with Gasteiger partial charge in [0, 0.05) is 5.56 Å². The molecule has 14 heteroatoms. The van der Waals surface area contributed by atoms with Gasteiger partial charge in [-0.05, 0) is 29.8 Å². The first-order valence-electron chi connectivity index (χ1n) is 10.6. The zero-order chi connectivity index (χ0) is 27.1. The molecular weight excluding hydrogens is 528 g/mol. The lowest BCUT2D eigenvalue weighted by Crippen LogP contribution is -2.17. The Labute approximate surface area is 210 Å². The Morgan fingerprint density at radius 3 is 2.30 bits per heavy atom. The molecular formula is C23H19F6N3O4S. The number of rotatable bonds is 5. The number of hydrogen-bond donors (Lipinski definition) is 0. The standard InChI is InChI=1S/C23H19F6N3O4S/c1-34-15-6-4-5-12(18(15)36-3)19-13-9-11(22(24,25)26)7-8-14(13)32-20(16(37-19)10-17(33)35-2)30-31-21(32)23(27,28)29/h4-9,16,19H,10H2,1-3H3/t16-,19-/m0/s1. The average Bonchev–Trinajstić information content (AvgIpc) is 3.26. The molecule has 198 valence electrons. The number of alkyl halides is 6. The van der Waals surface area contributed by atoms with Crippen molar-refractivity contribution < 1.29 is 45.3 Å². The van der Waals surface area contributed by atoms with E-state index in [0.717, 1.165) is 31.0 Å². The number of nitrogens with zero attached hydrogens (tertiary/aromatic N) is 3. The maximum Gasteiger partial charge on any atom is 0.452 e. The lowest BCUT2D eigenvalue weighted by Gasteiger charge is -2.24. The van der Waals surface area contributed by atoms with Crippen molar-refractivity contribution in [1.29, 1.82) is 0 Å². The average molecular weight is 547 g/mol. The van der Waals surface area contributed by atoms with Crippen molar-refractivity contribution in [3.05, 3.63) is 64.7 Å². The largest absolute Gasteiger partial charge is 0.493 e. The molecule has 3 aromatic rings. The molecule has 2 atom stereocenters. The lowest BCUT2D eigenvalue weighted by atomic mass is 9.98. The van der Waals surface area contributed by atoms with Gasteiger partial charge in [-0.1, -0.05) is 12.1 Å². The van der Waals surface area contributed by atoms with Crippen LogP contribution in [-0.2, 0) is 21.9 Å². The maximum atomic E-state index is 14.0. The van der Waals surface area contributed by atoms with Gasteiger partial charge in [-0.15, -0.1) is 22.0 Å². The summed E-state index contributed by atoms with van der Waals surface area (Å²) in [5, 5.41) is 4.89. The van der Waals surface area contributed by atoms with Crippen LogP contribution in [0, 0.1) is 0 Å². The number of benzene rings is 2. The summed E-state index contributed by atoms with van der Waals surface area (Å²) in [6.07, 6.45) is -10.2. The number of para-hydroxylation sites is 1. The molecule has 37 heavy (non-hydrogen) atoms. The van der Waals surface area contributed by atoms with E-state index in [1.54, 1.807) is 18.2 Å². The molecule has 0 bridgehead atoms. The van der Waals surface area contributed by atoms with Crippen molar-refractivity contribution in [2.75, 3.05) is 21.3 Å². The molecule has 1 aromatic heterocycles. The van der Waals surface area contributed by atoms with E-state index < -0.39 is 46.6 Å². The van der Waals surface area contributed by atoms with Crippen molar-refractivity contribution in [2.24, 2.45) is 0 Å². The second-order valence-electron chi connectivity index (χ2n) is 7.85. The van der Waals surface area contributed by atoms with E-state index in [1.807, 2.05) is 0 Å². The normalized spacial score (nSPS) is 17.4. The summed E-state index contributed by atoms with van der Waals surface area (Å²) in [7, 11) is 3.81. The number of esters is 1. The number of methoxy groups -OCH3 is 3. The summed E-state index contributed by atoms with van der Waals surface area (Å²) in [6.45, 7) is 0. The van der Waals surface area contributed by atoms with Gasteiger partial charge in [0.25, 0.3) is 0 Å². The van der Waals surface area contributed by atoms with Crippen molar-refractivity contribution in [2.45, 2.75) is 29.3 Å². The van der Waals surface area contributed by atoms with E-state index in [9.17, 15) is 31.1 Å². The molecule has 1 aliphatic rings. The number of aromatic nitrogens is 3. The van der Waals surface area contributed by atoms with Crippen molar-refractivity contribution >= 4 is 17.7 Å². The molecule has 2 heterocycles. The van der Waals surface area contributed by atoms with E-state index in [1.165, 1.54) is 14.2 Å². The van der Waals surface area contributed by atoms with Crippen LogP contribution in [0.3, 0.4) is 0 Å². The van der Waals surface area contributed by atoms with Gasteiger partial charge >= 0.3 is 18.3 Å². The van der Waals surface area contributed by atoms with E-state index in [2.05, 4.69) is 10.2 Å². The van der Waals surface area contributed by atoms with Gasteiger partial charge in [0.05, 0.1) is 49.5 Å².